The second-order valence-electron chi connectivity index (χ2n) is 4.04. The van der Waals surface area contributed by atoms with E-state index in [0.29, 0.717) is 5.02 Å². The largest absolute Gasteiger partial charge is 0.495 e. The van der Waals surface area contributed by atoms with Gasteiger partial charge >= 0.3 is 0 Å². The molecule has 0 radical (unpaired) electrons. The first-order valence-electron chi connectivity index (χ1n) is 5.76. The molecule has 0 saturated carbocycles. The molecule has 0 atom stereocenters. The number of halogens is 1. The van der Waals surface area contributed by atoms with E-state index in [1.165, 1.54) is 0 Å². The third-order valence-corrected chi connectivity index (χ3v) is 3.05. The average molecular weight is 278 g/mol. The third kappa shape index (κ3) is 2.39. The van der Waals surface area contributed by atoms with Crippen LogP contribution in [0, 0.1) is 0 Å². The molecule has 4 nitrogen and oxygen atoms in total. The summed E-state index contributed by atoms with van der Waals surface area (Å²) in [5, 5.41) is 3.89. The predicted molar refractivity (Wildman–Crippen MR) is 73.9 cm³/mol. The lowest BCUT2D eigenvalue weighted by molar-refractivity contribution is 0.174. The van der Waals surface area contributed by atoms with Gasteiger partial charge in [-0.1, -0.05) is 11.6 Å². The highest BCUT2D eigenvalue weighted by Crippen LogP contribution is 2.37. The summed E-state index contributed by atoms with van der Waals surface area (Å²) in [5.41, 5.74) is 1.68. The highest BCUT2D eigenvalue weighted by molar-refractivity contribution is 6.31. The maximum Gasteiger partial charge on any atom is 0.231 e. The SMILES string of the molecule is COc1ccc(Cl)cc1Nc1ccc2c(c1)OCO2. The number of fused-ring (bicyclic) bond motifs is 1. The molecule has 2 aromatic rings. The van der Waals surface area contributed by atoms with E-state index >= 15 is 0 Å². The second kappa shape index (κ2) is 4.90. The first-order chi connectivity index (χ1) is 9.26. The maximum atomic E-state index is 5.99. The Labute approximate surface area is 115 Å². The van der Waals surface area contributed by atoms with Crippen LogP contribution in [0.2, 0.25) is 5.02 Å². The quantitative estimate of drug-likeness (QED) is 0.926. The number of benzene rings is 2. The van der Waals surface area contributed by atoms with Crippen LogP contribution in [0.1, 0.15) is 0 Å². The molecule has 0 spiro atoms. The molecule has 0 unspecified atom stereocenters. The van der Waals surface area contributed by atoms with Gasteiger partial charge in [0.05, 0.1) is 12.8 Å². The fourth-order valence-electron chi connectivity index (χ4n) is 1.91. The molecule has 2 aromatic carbocycles. The molecule has 0 aliphatic carbocycles. The second-order valence-corrected chi connectivity index (χ2v) is 4.47. The molecular formula is C14H12ClNO3. The van der Waals surface area contributed by atoms with Crippen LogP contribution in [0.3, 0.4) is 0 Å². The van der Waals surface area contributed by atoms with E-state index in [1.54, 1.807) is 13.2 Å². The summed E-state index contributed by atoms with van der Waals surface area (Å²) in [7, 11) is 1.62. The van der Waals surface area contributed by atoms with Crippen molar-refractivity contribution in [3.63, 3.8) is 0 Å². The van der Waals surface area contributed by atoms with Gasteiger partial charge in [-0.25, -0.2) is 0 Å². The summed E-state index contributed by atoms with van der Waals surface area (Å²) in [4.78, 5) is 0. The van der Waals surface area contributed by atoms with Gasteiger partial charge in [-0.05, 0) is 30.3 Å². The fourth-order valence-corrected chi connectivity index (χ4v) is 2.08. The molecule has 98 valence electrons. The molecule has 0 aromatic heterocycles. The number of hydrogen-bond donors (Lipinski definition) is 1. The van der Waals surface area contributed by atoms with Crippen molar-refractivity contribution < 1.29 is 14.2 Å². The lowest BCUT2D eigenvalue weighted by atomic mass is 10.2. The number of ether oxygens (including phenoxy) is 3. The van der Waals surface area contributed by atoms with Gasteiger partial charge in [0, 0.05) is 16.8 Å². The minimum Gasteiger partial charge on any atom is -0.495 e. The highest BCUT2D eigenvalue weighted by atomic mass is 35.5. The van der Waals surface area contributed by atoms with Crippen molar-refractivity contribution in [1.82, 2.24) is 0 Å². The topological polar surface area (TPSA) is 39.7 Å². The first-order valence-corrected chi connectivity index (χ1v) is 6.14. The Hall–Kier alpha value is -2.07. The molecule has 0 saturated heterocycles. The smallest absolute Gasteiger partial charge is 0.231 e. The molecule has 1 aliphatic rings. The van der Waals surface area contributed by atoms with Gasteiger partial charge < -0.3 is 19.5 Å². The van der Waals surface area contributed by atoms with E-state index in [9.17, 15) is 0 Å². The minimum atomic E-state index is 0.263. The van der Waals surface area contributed by atoms with Gasteiger partial charge in [0.1, 0.15) is 5.75 Å². The summed E-state index contributed by atoms with van der Waals surface area (Å²) in [6, 6.07) is 11.1. The van der Waals surface area contributed by atoms with Gasteiger partial charge in [0.15, 0.2) is 11.5 Å². The molecule has 0 bridgehead atoms. The number of nitrogens with one attached hydrogen (secondary N) is 1. The summed E-state index contributed by atoms with van der Waals surface area (Å²) >= 11 is 5.99. The summed E-state index contributed by atoms with van der Waals surface area (Å²) in [5.74, 6) is 2.21. The zero-order valence-electron chi connectivity index (χ0n) is 10.3. The van der Waals surface area contributed by atoms with Crippen LogP contribution in [-0.2, 0) is 0 Å². The van der Waals surface area contributed by atoms with Crippen molar-refractivity contribution in [1.29, 1.82) is 0 Å². The molecule has 0 fully saturated rings. The number of methoxy groups -OCH3 is 1. The van der Waals surface area contributed by atoms with E-state index < -0.39 is 0 Å². The molecule has 3 rings (SSSR count). The van der Waals surface area contributed by atoms with Gasteiger partial charge in [-0.3, -0.25) is 0 Å². The van der Waals surface area contributed by atoms with Crippen LogP contribution < -0.4 is 19.5 Å². The van der Waals surface area contributed by atoms with Crippen LogP contribution >= 0.6 is 11.6 Å². The van der Waals surface area contributed by atoms with E-state index in [0.717, 1.165) is 28.6 Å². The fraction of sp³-hybridized carbons (Fsp3) is 0.143. The van der Waals surface area contributed by atoms with Gasteiger partial charge in [-0.15, -0.1) is 0 Å². The van der Waals surface area contributed by atoms with Gasteiger partial charge in [0.2, 0.25) is 6.79 Å². The van der Waals surface area contributed by atoms with Crippen LogP contribution in [-0.4, -0.2) is 13.9 Å². The van der Waals surface area contributed by atoms with Gasteiger partial charge in [-0.2, -0.15) is 0 Å². The Bertz CT molecular complexity index is 616. The Balaban J connectivity index is 1.90. The Morgan fingerprint density at radius 1 is 1.11 bits per heavy atom. The van der Waals surface area contributed by atoms with Crippen molar-refractivity contribution in [2.75, 3.05) is 19.2 Å². The molecule has 1 aliphatic heterocycles. The summed E-state index contributed by atoms with van der Waals surface area (Å²) in [6.07, 6.45) is 0. The van der Waals surface area contributed by atoms with Crippen molar-refractivity contribution in [2.45, 2.75) is 0 Å². The number of anilines is 2. The molecule has 19 heavy (non-hydrogen) atoms. The lowest BCUT2D eigenvalue weighted by Crippen LogP contribution is -1.94. The summed E-state index contributed by atoms with van der Waals surface area (Å²) in [6.45, 7) is 0.263. The number of rotatable bonds is 3. The van der Waals surface area contributed by atoms with Crippen LogP contribution in [0.4, 0.5) is 11.4 Å². The monoisotopic (exact) mass is 277 g/mol. The predicted octanol–water partition coefficient (Wildman–Crippen LogP) is 3.82. The Kier molecular flexibility index (Phi) is 3.09. The molecule has 1 heterocycles. The third-order valence-electron chi connectivity index (χ3n) is 2.81. The zero-order chi connectivity index (χ0) is 13.2. The summed E-state index contributed by atoms with van der Waals surface area (Å²) < 4.78 is 15.9. The van der Waals surface area contributed by atoms with Crippen molar-refractivity contribution in [3.8, 4) is 17.2 Å². The lowest BCUT2D eigenvalue weighted by Gasteiger charge is -2.12. The van der Waals surface area contributed by atoms with E-state index in [2.05, 4.69) is 5.32 Å². The normalized spacial score (nSPS) is 12.3. The molecule has 5 heteroatoms. The van der Waals surface area contributed by atoms with E-state index in [4.69, 9.17) is 25.8 Å². The standard InChI is InChI=1S/C14H12ClNO3/c1-17-12-4-2-9(15)6-11(12)16-10-3-5-13-14(7-10)19-8-18-13/h2-7,16H,8H2,1H3. The first kappa shape index (κ1) is 12.0. The van der Waals surface area contributed by atoms with Crippen molar-refractivity contribution in [3.05, 3.63) is 41.4 Å². The molecule has 1 N–H and O–H groups in total. The van der Waals surface area contributed by atoms with Crippen molar-refractivity contribution in [2.24, 2.45) is 0 Å². The number of hydrogen-bond acceptors (Lipinski definition) is 4. The average Bonchev–Trinajstić information content (AvgIpc) is 2.86. The zero-order valence-corrected chi connectivity index (χ0v) is 11.0. The minimum absolute atomic E-state index is 0.263. The Morgan fingerprint density at radius 2 is 1.95 bits per heavy atom. The van der Waals surface area contributed by atoms with Gasteiger partial charge in [0.25, 0.3) is 0 Å². The van der Waals surface area contributed by atoms with Crippen molar-refractivity contribution >= 4 is 23.0 Å². The van der Waals surface area contributed by atoms with E-state index in [-0.39, 0.29) is 6.79 Å². The van der Waals surface area contributed by atoms with Crippen LogP contribution in [0.25, 0.3) is 0 Å². The molecule has 0 amide bonds. The molecular weight excluding hydrogens is 266 g/mol. The highest BCUT2D eigenvalue weighted by Gasteiger charge is 2.13. The van der Waals surface area contributed by atoms with Crippen LogP contribution in [0.5, 0.6) is 17.2 Å². The van der Waals surface area contributed by atoms with Crippen LogP contribution in [0.15, 0.2) is 36.4 Å². The maximum absolute atomic E-state index is 5.99. The van der Waals surface area contributed by atoms with E-state index in [1.807, 2.05) is 30.3 Å². The Morgan fingerprint density at radius 3 is 2.79 bits per heavy atom.